The number of hydrogen-bond acceptors (Lipinski definition) is 5. The zero-order valence-electron chi connectivity index (χ0n) is 14.1. The van der Waals surface area contributed by atoms with Gasteiger partial charge in [0.1, 0.15) is 12.4 Å². The Kier molecular flexibility index (Phi) is 4.44. The molecule has 1 N–H and O–H groups in total. The number of benzene rings is 1. The first kappa shape index (κ1) is 17.3. The first-order valence-corrected chi connectivity index (χ1v) is 8.87. The van der Waals surface area contributed by atoms with E-state index < -0.39 is 6.55 Å². The number of rotatable bonds is 4. The van der Waals surface area contributed by atoms with Crippen molar-refractivity contribution >= 4 is 28.5 Å². The number of ether oxygens (including phenoxy) is 1. The maximum absolute atomic E-state index is 13.1. The topological polar surface area (TPSA) is 69.0 Å². The van der Waals surface area contributed by atoms with Crippen LogP contribution in [-0.4, -0.2) is 27.0 Å². The van der Waals surface area contributed by atoms with Crippen LogP contribution in [0.2, 0.25) is 0 Å². The van der Waals surface area contributed by atoms with Crippen molar-refractivity contribution in [3.8, 4) is 16.5 Å². The number of amides is 1. The van der Waals surface area contributed by atoms with E-state index in [0.717, 1.165) is 27.2 Å². The highest BCUT2D eigenvalue weighted by Gasteiger charge is 2.21. The van der Waals surface area contributed by atoms with E-state index in [9.17, 15) is 13.6 Å². The Bertz CT molecular complexity index is 1040. The molecular weight excluding hydrogens is 374 g/mol. The van der Waals surface area contributed by atoms with Crippen molar-refractivity contribution in [3.05, 3.63) is 53.5 Å². The molecule has 3 heterocycles. The number of fused-ring (bicyclic) bond motifs is 1. The van der Waals surface area contributed by atoms with Crippen LogP contribution < -0.4 is 10.1 Å². The standard InChI is InChI=1S/C18H14F2N4O2S/c1-10-14(15-21-6-7-24(15)17(19)20)27-18(22-10)23-16(25)12-8-11-4-2-3-5-13(11)26-9-12/h2-8,17H,9H2,1H3,(H,22,23,25). The molecule has 1 amide bonds. The van der Waals surface area contributed by atoms with Gasteiger partial charge in [0.2, 0.25) is 0 Å². The number of imidazole rings is 1. The van der Waals surface area contributed by atoms with Crippen LogP contribution in [0.4, 0.5) is 13.9 Å². The number of halogens is 2. The highest BCUT2D eigenvalue weighted by atomic mass is 32.1. The predicted molar refractivity (Wildman–Crippen MR) is 97.9 cm³/mol. The second-order valence-corrected chi connectivity index (χ2v) is 6.82. The fourth-order valence-electron chi connectivity index (χ4n) is 2.73. The zero-order chi connectivity index (χ0) is 19.0. The third kappa shape index (κ3) is 3.33. The maximum atomic E-state index is 13.1. The molecule has 0 saturated carbocycles. The summed E-state index contributed by atoms with van der Waals surface area (Å²) >= 11 is 1.10. The van der Waals surface area contributed by atoms with Crippen LogP contribution in [0.3, 0.4) is 0 Å². The first-order valence-electron chi connectivity index (χ1n) is 8.05. The molecule has 1 aromatic carbocycles. The summed E-state index contributed by atoms with van der Waals surface area (Å²) in [6.45, 7) is -0.868. The van der Waals surface area contributed by atoms with Gasteiger partial charge in [-0.25, -0.2) is 9.97 Å². The molecule has 27 heavy (non-hydrogen) atoms. The van der Waals surface area contributed by atoms with Gasteiger partial charge in [0.05, 0.1) is 16.1 Å². The highest BCUT2D eigenvalue weighted by Crippen LogP contribution is 2.34. The molecule has 0 saturated heterocycles. The largest absolute Gasteiger partial charge is 0.488 e. The summed E-state index contributed by atoms with van der Waals surface area (Å²) in [4.78, 5) is 21.3. The predicted octanol–water partition coefficient (Wildman–Crippen LogP) is 4.12. The molecule has 0 fully saturated rings. The number of aryl methyl sites for hydroxylation is 1. The van der Waals surface area contributed by atoms with Crippen LogP contribution >= 0.6 is 11.3 Å². The summed E-state index contributed by atoms with van der Waals surface area (Å²) in [6.07, 6.45) is 4.28. The fraction of sp³-hybridized carbons (Fsp3) is 0.167. The number of anilines is 1. The number of carbonyl (C=O) groups is 1. The third-order valence-corrected chi connectivity index (χ3v) is 5.09. The summed E-state index contributed by atoms with van der Waals surface area (Å²) < 4.78 is 32.5. The van der Waals surface area contributed by atoms with Gasteiger partial charge < -0.3 is 4.74 Å². The minimum Gasteiger partial charge on any atom is -0.488 e. The smallest absolute Gasteiger partial charge is 0.320 e. The number of para-hydroxylation sites is 1. The Morgan fingerprint density at radius 2 is 2.19 bits per heavy atom. The van der Waals surface area contributed by atoms with Gasteiger partial charge in [-0.15, -0.1) is 0 Å². The second kappa shape index (κ2) is 6.92. The normalized spacial score (nSPS) is 13.1. The maximum Gasteiger partial charge on any atom is 0.320 e. The van der Waals surface area contributed by atoms with Gasteiger partial charge in [-0.3, -0.25) is 14.7 Å². The zero-order valence-corrected chi connectivity index (χ0v) is 15.0. The van der Waals surface area contributed by atoms with E-state index in [1.165, 1.54) is 12.4 Å². The van der Waals surface area contributed by atoms with E-state index in [1.807, 2.05) is 24.3 Å². The summed E-state index contributed by atoms with van der Waals surface area (Å²) in [6, 6.07) is 7.42. The molecule has 3 aromatic rings. The minimum absolute atomic E-state index is 0.120. The van der Waals surface area contributed by atoms with Gasteiger partial charge in [0, 0.05) is 18.0 Å². The molecule has 1 aliphatic heterocycles. The van der Waals surface area contributed by atoms with E-state index in [2.05, 4.69) is 15.3 Å². The monoisotopic (exact) mass is 388 g/mol. The van der Waals surface area contributed by atoms with Crippen LogP contribution in [0, 0.1) is 6.92 Å². The summed E-state index contributed by atoms with van der Waals surface area (Å²) in [5, 5.41) is 3.03. The van der Waals surface area contributed by atoms with E-state index in [-0.39, 0.29) is 18.3 Å². The first-order chi connectivity index (χ1) is 13.0. The average Bonchev–Trinajstić information content (AvgIpc) is 3.27. The van der Waals surface area contributed by atoms with Gasteiger partial charge in [-0.2, -0.15) is 8.78 Å². The molecular formula is C18H14F2N4O2S. The number of aromatic nitrogens is 3. The van der Waals surface area contributed by atoms with Crippen LogP contribution in [0.5, 0.6) is 5.75 Å². The second-order valence-electron chi connectivity index (χ2n) is 5.82. The van der Waals surface area contributed by atoms with Crippen molar-refractivity contribution in [2.75, 3.05) is 11.9 Å². The number of nitrogens with zero attached hydrogens (tertiary/aromatic N) is 3. The van der Waals surface area contributed by atoms with Gasteiger partial charge in [-0.05, 0) is 19.1 Å². The highest BCUT2D eigenvalue weighted by molar-refractivity contribution is 7.19. The summed E-state index contributed by atoms with van der Waals surface area (Å²) in [7, 11) is 0. The Morgan fingerprint density at radius 1 is 1.37 bits per heavy atom. The van der Waals surface area contributed by atoms with Gasteiger partial charge in [0.15, 0.2) is 11.0 Å². The SMILES string of the molecule is Cc1nc(NC(=O)C2=Cc3ccccc3OC2)sc1-c1nccn1C(F)F. The van der Waals surface area contributed by atoms with Gasteiger partial charge >= 0.3 is 6.55 Å². The number of carbonyl (C=O) groups excluding carboxylic acids is 1. The van der Waals surface area contributed by atoms with Crippen molar-refractivity contribution in [3.63, 3.8) is 0 Å². The lowest BCUT2D eigenvalue weighted by Crippen LogP contribution is -2.21. The third-order valence-electron chi connectivity index (χ3n) is 4.02. The van der Waals surface area contributed by atoms with Crippen molar-refractivity contribution in [1.82, 2.24) is 14.5 Å². The molecule has 0 bridgehead atoms. The molecule has 0 spiro atoms. The Labute approximate surface area is 157 Å². The van der Waals surface area contributed by atoms with Crippen molar-refractivity contribution in [2.45, 2.75) is 13.5 Å². The quantitative estimate of drug-likeness (QED) is 0.730. The van der Waals surface area contributed by atoms with Crippen molar-refractivity contribution in [1.29, 1.82) is 0 Å². The molecule has 9 heteroatoms. The van der Waals surface area contributed by atoms with E-state index in [4.69, 9.17) is 4.74 Å². The number of hydrogen-bond donors (Lipinski definition) is 1. The van der Waals surface area contributed by atoms with E-state index in [1.54, 1.807) is 13.0 Å². The Morgan fingerprint density at radius 3 is 3.00 bits per heavy atom. The van der Waals surface area contributed by atoms with Gasteiger partial charge in [-0.1, -0.05) is 29.5 Å². The number of nitrogens with one attached hydrogen (secondary N) is 1. The van der Waals surface area contributed by atoms with Crippen LogP contribution in [0.25, 0.3) is 16.8 Å². The molecule has 2 aromatic heterocycles. The van der Waals surface area contributed by atoms with E-state index in [0.29, 0.717) is 21.3 Å². The molecule has 4 rings (SSSR count). The van der Waals surface area contributed by atoms with E-state index >= 15 is 0 Å². The number of alkyl halides is 2. The molecule has 0 radical (unpaired) electrons. The molecule has 6 nitrogen and oxygen atoms in total. The minimum atomic E-state index is -2.70. The number of thiazole rings is 1. The van der Waals surface area contributed by atoms with Crippen LogP contribution in [-0.2, 0) is 4.79 Å². The van der Waals surface area contributed by atoms with Crippen molar-refractivity contribution in [2.24, 2.45) is 0 Å². The molecule has 0 atom stereocenters. The molecule has 1 aliphatic rings. The lowest BCUT2D eigenvalue weighted by atomic mass is 10.1. The Balaban J connectivity index is 1.57. The molecule has 0 aliphatic carbocycles. The fourth-order valence-corrected chi connectivity index (χ4v) is 3.69. The summed E-state index contributed by atoms with van der Waals surface area (Å²) in [5.41, 5.74) is 1.80. The van der Waals surface area contributed by atoms with Crippen molar-refractivity contribution < 1.29 is 18.3 Å². The lowest BCUT2D eigenvalue weighted by molar-refractivity contribution is -0.113. The average molecular weight is 388 g/mol. The lowest BCUT2D eigenvalue weighted by Gasteiger charge is -2.16. The van der Waals surface area contributed by atoms with Gasteiger partial charge in [0.25, 0.3) is 5.91 Å². The van der Waals surface area contributed by atoms with Crippen LogP contribution in [0.15, 0.2) is 42.2 Å². The summed E-state index contributed by atoms with van der Waals surface area (Å²) in [5.74, 6) is 0.497. The Hall–Kier alpha value is -3.07. The molecule has 0 unspecified atom stereocenters. The molecule has 138 valence electrons. The van der Waals surface area contributed by atoms with Crippen LogP contribution in [0.1, 0.15) is 17.8 Å².